The van der Waals surface area contributed by atoms with Gasteiger partial charge in [0.25, 0.3) is 0 Å². The van der Waals surface area contributed by atoms with E-state index in [0.717, 1.165) is 30.2 Å². The molecule has 2 bridgehead atoms. The molecule has 0 radical (unpaired) electrons. The molecule has 2 amide bonds. The summed E-state index contributed by atoms with van der Waals surface area (Å²) in [5, 5.41) is 0. The first-order valence-electron chi connectivity index (χ1n) is 12.8. The maximum absolute atomic E-state index is 13.7. The Bertz CT molecular complexity index is 1060. The molecule has 2 aromatic carbocycles. The zero-order valence-corrected chi connectivity index (χ0v) is 20.8. The van der Waals surface area contributed by atoms with E-state index >= 15 is 0 Å². The number of hydrogen-bond donors (Lipinski definition) is 0. The van der Waals surface area contributed by atoms with Gasteiger partial charge in [-0.2, -0.15) is 0 Å². The summed E-state index contributed by atoms with van der Waals surface area (Å²) in [5.74, 6) is 3.01. The maximum Gasteiger partial charge on any atom is 0.237 e. The minimum absolute atomic E-state index is 0.00536. The molecule has 0 aromatic heterocycles. The van der Waals surface area contributed by atoms with Gasteiger partial charge in [-0.3, -0.25) is 14.5 Å². The fourth-order valence-corrected chi connectivity index (χ4v) is 7.34. The number of carbonyl (C=O) groups is 2. The van der Waals surface area contributed by atoms with Gasteiger partial charge in [0, 0.05) is 26.2 Å². The lowest BCUT2D eigenvalue weighted by Gasteiger charge is -2.46. The Hall–Kier alpha value is -2.82. The first-order chi connectivity index (χ1) is 16.3. The highest BCUT2D eigenvalue weighted by atomic mass is 16.5. The van der Waals surface area contributed by atoms with Crippen LogP contribution in [0.5, 0.6) is 11.5 Å². The molecule has 5 atom stereocenters. The summed E-state index contributed by atoms with van der Waals surface area (Å²) in [6, 6.07) is 15.2. The van der Waals surface area contributed by atoms with Gasteiger partial charge in [-0.25, -0.2) is 0 Å². The zero-order chi connectivity index (χ0) is 24.0. The number of hydrogen-bond acceptors (Lipinski definition) is 4. The topological polar surface area (TPSA) is 49.9 Å². The fourth-order valence-electron chi connectivity index (χ4n) is 7.34. The summed E-state index contributed by atoms with van der Waals surface area (Å²) in [6.07, 6.45) is 6.20. The lowest BCUT2D eigenvalue weighted by atomic mass is 9.57. The van der Waals surface area contributed by atoms with E-state index in [1.807, 2.05) is 67.5 Å². The van der Waals surface area contributed by atoms with E-state index in [4.69, 9.17) is 4.74 Å². The molecule has 0 spiro atoms. The average molecular weight is 461 g/mol. The molecule has 2 aliphatic carbocycles. The van der Waals surface area contributed by atoms with Crippen LogP contribution in [0, 0.1) is 29.1 Å². The van der Waals surface area contributed by atoms with Gasteiger partial charge < -0.3 is 9.64 Å². The van der Waals surface area contributed by atoms with Gasteiger partial charge in [-0.05, 0) is 97.4 Å². The average Bonchev–Trinajstić information content (AvgIpc) is 3.49. The minimum Gasteiger partial charge on any atom is -0.457 e. The summed E-state index contributed by atoms with van der Waals surface area (Å²) in [7, 11) is 4.00. The van der Waals surface area contributed by atoms with Crippen LogP contribution in [-0.2, 0) is 9.59 Å². The molecular formula is C29H36N2O3. The van der Waals surface area contributed by atoms with Crippen molar-refractivity contribution < 1.29 is 14.3 Å². The van der Waals surface area contributed by atoms with Crippen LogP contribution in [-0.4, -0.2) is 25.9 Å². The van der Waals surface area contributed by atoms with Crippen molar-refractivity contribution >= 4 is 23.2 Å². The van der Waals surface area contributed by atoms with Crippen LogP contribution in [0.4, 0.5) is 11.4 Å². The van der Waals surface area contributed by atoms with E-state index in [9.17, 15) is 9.59 Å². The van der Waals surface area contributed by atoms with Crippen LogP contribution in [0.1, 0.15) is 52.4 Å². The number of fused-ring (bicyclic) bond motifs is 2. The summed E-state index contributed by atoms with van der Waals surface area (Å²) in [4.78, 5) is 30.4. The van der Waals surface area contributed by atoms with Crippen molar-refractivity contribution in [2.24, 2.45) is 29.1 Å². The third-order valence-electron chi connectivity index (χ3n) is 8.95. The van der Waals surface area contributed by atoms with E-state index in [-0.39, 0.29) is 23.1 Å². The quantitative estimate of drug-likeness (QED) is 0.457. The maximum atomic E-state index is 13.7. The fraction of sp³-hybridized carbons (Fsp3) is 0.517. The third kappa shape index (κ3) is 3.60. The van der Waals surface area contributed by atoms with Gasteiger partial charge in [0.15, 0.2) is 0 Å². The zero-order valence-electron chi connectivity index (χ0n) is 20.8. The third-order valence-corrected chi connectivity index (χ3v) is 8.95. The van der Waals surface area contributed by atoms with E-state index in [2.05, 4.69) is 13.8 Å². The Balaban J connectivity index is 1.34. The smallest absolute Gasteiger partial charge is 0.237 e. The number of anilines is 2. The number of imide groups is 1. The van der Waals surface area contributed by atoms with Gasteiger partial charge in [0.2, 0.25) is 11.8 Å². The van der Waals surface area contributed by atoms with Gasteiger partial charge in [0.1, 0.15) is 11.5 Å². The van der Waals surface area contributed by atoms with E-state index in [1.54, 1.807) is 0 Å². The number of carbonyl (C=O) groups excluding carboxylic acids is 2. The molecule has 2 saturated carbocycles. The molecule has 1 saturated heterocycles. The van der Waals surface area contributed by atoms with Crippen molar-refractivity contribution in [3.05, 3.63) is 48.5 Å². The SMILES string of the molecule is CCCC1(C2CC(=O)N(c3ccc(Oc4ccc(N(C)C)cc4)cc3)C2=O)C2CCC(C2)C1C. The summed E-state index contributed by atoms with van der Waals surface area (Å²) >= 11 is 0. The Morgan fingerprint density at radius 1 is 1.00 bits per heavy atom. The van der Waals surface area contributed by atoms with Crippen molar-refractivity contribution in [2.75, 3.05) is 23.9 Å². The van der Waals surface area contributed by atoms with Gasteiger partial charge in [-0.15, -0.1) is 0 Å². The molecule has 1 heterocycles. The summed E-state index contributed by atoms with van der Waals surface area (Å²) in [6.45, 7) is 4.56. The summed E-state index contributed by atoms with van der Waals surface area (Å²) in [5.41, 5.74) is 1.74. The second-order valence-corrected chi connectivity index (χ2v) is 10.7. The number of ether oxygens (including phenoxy) is 1. The molecule has 5 heteroatoms. The first-order valence-corrected chi connectivity index (χ1v) is 12.8. The van der Waals surface area contributed by atoms with Crippen LogP contribution in [0.3, 0.4) is 0 Å². The minimum atomic E-state index is -0.184. The van der Waals surface area contributed by atoms with Crippen molar-refractivity contribution in [3.8, 4) is 11.5 Å². The highest BCUT2D eigenvalue weighted by Crippen LogP contribution is 2.66. The molecule has 3 aliphatic rings. The molecule has 5 unspecified atom stereocenters. The van der Waals surface area contributed by atoms with Gasteiger partial charge >= 0.3 is 0 Å². The van der Waals surface area contributed by atoms with Crippen LogP contribution >= 0.6 is 0 Å². The molecular weight excluding hydrogens is 424 g/mol. The Kier molecular flexibility index (Phi) is 5.91. The highest BCUT2D eigenvalue weighted by molar-refractivity contribution is 6.21. The van der Waals surface area contributed by atoms with E-state index in [0.29, 0.717) is 29.7 Å². The van der Waals surface area contributed by atoms with Crippen LogP contribution in [0.15, 0.2) is 48.5 Å². The van der Waals surface area contributed by atoms with Crippen molar-refractivity contribution in [1.29, 1.82) is 0 Å². The normalized spacial score (nSPS) is 30.3. The van der Waals surface area contributed by atoms with Crippen molar-refractivity contribution in [3.63, 3.8) is 0 Å². The predicted molar refractivity (Wildman–Crippen MR) is 135 cm³/mol. The lowest BCUT2D eigenvalue weighted by molar-refractivity contribution is -0.128. The summed E-state index contributed by atoms with van der Waals surface area (Å²) < 4.78 is 5.98. The van der Waals surface area contributed by atoms with Crippen LogP contribution < -0.4 is 14.5 Å². The second kappa shape index (κ2) is 8.75. The predicted octanol–water partition coefficient (Wildman–Crippen LogP) is 6.28. The number of rotatable bonds is 7. The molecule has 34 heavy (non-hydrogen) atoms. The molecule has 0 N–H and O–H groups in total. The monoisotopic (exact) mass is 460 g/mol. The molecule has 3 fully saturated rings. The van der Waals surface area contributed by atoms with Crippen molar-refractivity contribution in [1.82, 2.24) is 0 Å². The Morgan fingerprint density at radius 2 is 1.65 bits per heavy atom. The Morgan fingerprint density at radius 3 is 2.21 bits per heavy atom. The Labute approximate surface area is 203 Å². The molecule has 5 rings (SSSR count). The number of benzene rings is 2. The molecule has 5 nitrogen and oxygen atoms in total. The van der Waals surface area contributed by atoms with Gasteiger partial charge in [0.05, 0.1) is 11.6 Å². The molecule has 1 aliphatic heterocycles. The van der Waals surface area contributed by atoms with E-state index < -0.39 is 0 Å². The largest absolute Gasteiger partial charge is 0.457 e. The second-order valence-electron chi connectivity index (χ2n) is 10.7. The van der Waals surface area contributed by atoms with Gasteiger partial charge in [-0.1, -0.05) is 20.3 Å². The van der Waals surface area contributed by atoms with Crippen LogP contribution in [0.25, 0.3) is 0 Å². The molecule has 180 valence electrons. The standard InChI is InChI=1S/C29H36N2O3/c1-5-16-29(19(2)20-6-7-21(29)17-20)26-18-27(32)31(28(26)33)23-10-14-25(15-11-23)34-24-12-8-22(9-13-24)30(3)4/h8-15,19-21,26H,5-7,16-18H2,1-4H3. The lowest BCUT2D eigenvalue weighted by Crippen LogP contribution is -2.45. The van der Waals surface area contributed by atoms with Crippen molar-refractivity contribution in [2.45, 2.75) is 52.4 Å². The molecule has 2 aromatic rings. The van der Waals surface area contributed by atoms with Crippen LogP contribution in [0.2, 0.25) is 0 Å². The van der Waals surface area contributed by atoms with E-state index in [1.165, 1.54) is 24.2 Å². The highest BCUT2D eigenvalue weighted by Gasteiger charge is 2.63. The number of nitrogens with zero attached hydrogens (tertiary/aromatic N) is 2. The first kappa shape index (κ1) is 22.9. The number of amides is 2.